The number of hydrogen-bond donors (Lipinski definition) is 2. The van der Waals surface area contributed by atoms with E-state index < -0.39 is 0 Å². The largest absolute Gasteiger partial charge is 0.357 e. The Balaban J connectivity index is 0.00000324. The molecule has 0 aliphatic heterocycles. The lowest BCUT2D eigenvalue weighted by Crippen LogP contribution is -2.41. The molecule has 3 nitrogen and oxygen atoms in total. The number of halogens is 2. The van der Waals surface area contributed by atoms with Crippen molar-refractivity contribution in [3.05, 3.63) is 34.9 Å². The molecule has 0 heterocycles. The van der Waals surface area contributed by atoms with Crippen LogP contribution in [0.2, 0.25) is 5.02 Å². The summed E-state index contributed by atoms with van der Waals surface area (Å²) >= 11 is 5.94. The van der Waals surface area contributed by atoms with E-state index in [4.69, 9.17) is 11.6 Å². The van der Waals surface area contributed by atoms with Crippen molar-refractivity contribution in [1.29, 1.82) is 0 Å². The van der Waals surface area contributed by atoms with E-state index in [1.54, 1.807) is 0 Å². The maximum Gasteiger partial charge on any atom is 0.191 e. The van der Waals surface area contributed by atoms with Gasteiger partial charge in [0, 0.05) is 24.2 Å². The SMILES string of the molecule is CCNC(=NCCc1cccc(Cl)c1)NC(C)C.I. The zero-order chi connectivity index (χ0) is 13.4. The van der Waals surface area contributed by atoms with Crippen LogP contribution in [0.15, 0.2) is 29.3 Å². The van der Waals surface area contributed by atoms with Crippen LogP contribution in [-0.2, 0) is 6.42 Å². The van der Waals surface area contributed by atoms with E-state index in [1.807, 2.05) is 18.2 Å². The number of rotatable bonds is 5. The molecule has 2 N–H and O–H groups in total. The second-order valence-electron chi connectivity index (χ2n) is 4.44. The van der Waals surface area contributed by atoms with Crippen LogP contribution in [0.5, 0.6) is 0 Å². The Kier molecular flexibility index (Phi) is 10.0. The molecule has 0 fully saturated rings. The smallest absolute Gasteiger partial charge is 0.191 e. The van der Waals surface area contributed by atoms with Crippen LogP contribution in [0.25, 0.3) is 0 Å². The average Bonchev–Trinajstić information content (AvgIpc) is 2.28. The lowest BCUT2D eigenvalue weighted by molar-refractivity contribution is 0.700. The summed E-state index contributed by atoms with van der Waals surface area (Å²) < 4.78 is 0. The van der Waals surface area contributed by atoms with Crippen molar-refractivity contribution >= 4 is 41.5 Å². The van der Waals surface area contributed by atoms with E-state index in [0.29, 0.717) is 6.04 Å². The number of nitrogens with one attached hydrogen (secondary N) is 2. The summed E-state index contributed by atoms with van der Waals surface area (Å²) in [6.45, 7) is 7.89. The van der Waals surface area contributed by atoms with Crippen LogP contribution in [0.1, 0.15) is 26.3 Å². The highest BCUT2D eigenvalue weighted by Gasteiger charge is 1.99. The molecule has 5 heteroatoms. The standard InChI is InChI=1S/C14H22ClN3.HI/c1-4-16-14(18-11(2)3)17-9-8-12-6-5-7-13(15)10-12;/h5-7,10-11H,4,8-9H2,1-3H3,(H2,16,17,18);1H. The van der Waals surface area contributed by atoms with Gasteiger partial charge in [-0.15, -0.1) is 24.0 Å². The van der Waals surface area contributed by atoms with Crippen molar-refractivity contribution in [3.8, 4) is 0 Å². The molecular weight excluding hydrogens is 373 g/mol. The highest BCUT2D eigenvalue weighted by molar-refractivity contribution is 14.0. The van der Waals surface area contributed by atoms with Crippen LogP contribution < -0.4 is 10.6 Å². The second-order valence-corrected chi connectivity index (χ2v) is 4.88. The summed E-state index contributed by atoms with van der Waals surface area (Å²) in [6.07, 6.45) is 0.898. The normalized spacial score (nSPS) is 11.1. The predicted octanol–water partition coefficient (Wildman–Crippen LogP) is 3.46. The van der Waals surface area contributed by atoms with Gasteiger partial charge in [-0.2, -0.15) is 0 Å². The molecule has 108 valence electrons. The van der Waals surface area contributed by atoms with Gasteiger partial charge in [0.2, 0.25) is 0 Å². The molecule has 19 heavy (non-hydrogen) atoms. The minimum Gasteiger partial charge on any atom is -0.357 e. The fourth-order valence-corrected chi connectivity index (χ4v) is 1.80. The minimum absolute atomic E-state index is 0. The first-order valence-corrected chi connectivity index (χ1v) is 6.79. The Hall–Kier alpha value is -0.490. The van der Waals surface area contributed by atoms with Crippen molar-refractivity contribution in [2.45, 2.75) is 33.2 Å². The Morgan fingerprint density at radius 1 is 1.37 bits per heavy atom. The van der Waals surface area contributed by atoms with Gasteiger partial charge in [0.05, 0.1) is 0 Å². The first-order valence-electron chi connectivity index (χ1n) is 6.41. The van der Waals surface area contributed by atoms with Crippen LogP contribution in [0.3, 0.4) is 0 Å². The van der Waals surface area contributed by atoms with Crippen molar-refractivity contribution in [2.24, 2.45) is 4.99 Å². The molecule has 0 spiro atoms. The topological polar surface area (TPSA) is 36.4 Å². The monoisotopic (exact) mass is 395 g/mol. The molecule has 0 atom stereocenters. The molecule has 0 radical (unpaired) electrons. The summed E-state index contributed by atoms with van der Waals surface area (Å²) in [4.78, 5) is 4.53. The summed E-state index contributed by atoms with van der Waals surface area (Å²) in [5.74, 6) is 0.870. The van der Waals surface area contributed by atoms with Crippen molar-refractivity contribution in [3.63, 3.8) is 0 Å². The second kappa shape index (κ2) is 10.3. The highest BCUT2D eigenvalue weighted by atomic mass is 127. The fourth-order valence-electron chi connectivity index (χ4n) is 1.58. The Bertz CT molecular complexity index is 394. The van der Waals surface area contributed by atoms with Crippen LogP contribution in [0.4, 0.5) is 0 Å². The number of benzene rings is 1. The molecule has 1 rings (SSSR count). The van der Waals surface area contributed by atoms with Gasteiger partial charge < -0.3 is 10.6 Å². The van der Waals surface area contributed by atoms with E-state index in [0.717, 1.165) is 30.5 Å². The molecule has 0 saturated heterocycles. The van der Waals surface area contributed by atoms with Crippen LogP contribution in [0, 0.1) is 0 Å². The van der Waals surface area contributed by atoms with Crippen LogP contribution in [-0.4, -0.2) is 25.1 Å². The average molecular weight is 396 g/mol. The van der Waals surface area contributed by atoms with E-state index in [1.165, 1.54) is 5.56 Å². The quantitative estimate of drug-likeness (QED) is 0.455. The third-order valence-corrected chi connectivity index (χ3v) is 2.56. The van der Waals surface area contributed by atoms with Gasteiger partial charge in [0.1, 0.15) is 0 Å². The summed E-state index contributed by atoms with van der Waals surface area (Å²) in [5.41, 5.74) is 1.21. The molecule has 0 saturated carbocycles. The molecule has 0 aliphatic rings. The van der Waals surface area contributed by atoms with Gasteiger partial charge in [-0.25, -0.2) is 0 Å². The summed E-state index contributed by atoms with van der Waals surface area (Å²) in [5, 5.41) is 7.30. The fraction of sp³-hybridized carbons (Fsp3) is 0.500. The molecule has 1 aromatic carbocycles. The molecule has 1 aromatic rings. The highest BCUT2D eigenvalue weighted by Crippen LogP contribution is 2.10. The number of hydrogen-bond acceptors (Lipinski definition) is 1. The molecule has 0 aliphatic carbocycles. The van der Waals surface area contributed by atoms with Crippen molar-refractivity contribution in [2.75, 3.05) is 13.1 Å². The van der Waals surface area contributed by atoms with Crippen molar-refractivity contribution in [1.82, 2.24) is 10.6 Å². The lowest BCUT2D eigenvalue weighted by Gasteiger charge is -2.13. The maximum absolute atomic E-state index is 5.94. The molecule has 0 unspecified atom stereocenters. The Morgan fingerprint density at radius 3 is 2.68 bits per heavy atom. The predicted molar refractivity (Wildman–Crippen MR) is 94.8 cm³/mol. The molecule has 0 amide bonds. The molecule has 0 bridgehead atoms. The van der Waals surface area contributed by atoms with Gasteiger partial charge in [0.15, 0.2) is 5.96 Å². The zero-order valence-electron chi connectivity index (χ0n) is 11.7. The Morgan fingerprint density at radius 2 is 2.11 bits per heavy atom. The van der Waals surface area contributed by atoms with Gasteiger partial charge in [-0.3, -0.25) is 4.99 Å². The molecular formula is C14H23ClIN3. The van der Waals surface area contributed by atoms with E-state index in [-0.39, 0.29) is 24.0 Å². The first-order chi connectivity index (χ1) is 8.61. The lowest BCUT2D eigenvalue weighted by atomic mass is 10.1. The minimum atomic E-state index is 0. The van der Waals surface area contributed by atoms with Gasteiger partial charge >= 0.3 is 0 Å². The molecule has 0 aromatic heterocycles. The summed E-state index contributed by atoms with van der Waals surface area (Å²) in [7, 11) is 0. The third kappa shape index (κ3) is 8.31. The van der Waals surface area contributed by atoms with E-state index >= 15 is 0 Å². The summed E-state index contributed by atoms with van der Waals surface area (Å²) in [6, 6.07) is 8.30. The zero-order valence-corrected chi connectivity index (χ0v) is 14.8. The Labute approximate surface area is 138 Å². The van der Waals surface area contributed by atoms with E-state index in [9.17, 15) is 0 Å². The number of nitrogens with zero attached hydrogens (tertiary/aromatic N) is 1. The van der Waals surface area contributed by atoms with Crippen molar-refractivity contribution < 1.29 is 0 Å². The third-order valence-electron chi connectivity index (χ3n) is 2.33. The van der Waals surface area contributed by atoms with Gasteiger partial charge in [0.25, 0.3) is 0 Å². The van der Waals surface area contributed by atoms with Gasteiger partial charge in [-0.1, -0.05) is 23.7 Å². The van der Waals surface area contributed by atoms with E-state index in [2.05, 4.69) is 42.5 Å². The van der Waals surface area contributed by atoms with Crippen LogP contribution >= 0.6 is 35.6 Å². The number of guanidine groups is 1. The number of aliphatic imine (C=N–C) groups is 1. The van der Waals surface area contributed by atoms with Gasteiger partial charge in [-0.05, 0) is 44.9 Å². The first kappa shape index (κ1) is 18.5. The maximum atomic E-state index is 5.94.